The second-order valence-corrected chi connectivity index (χ2v) is 7.14. The van der Waals surface area contributed by atoms with Crippen LogP contribution in [0.15, 0.2) is 29.3 Å². The van der Waals surface area contributed by atoms with Gasteiger partial charge in [0, 0.05) is 18.8 Å². The summed E-state index contributed by atoms with van der Waals surface area (Å²) in [5.41, 5.74) is 2.35. The Bertz CT molecular complexity index is 994. The maximum Gasteiger partial charge on any atom is 0.300 e. The minimum atomic E-state index is -0.324. The Morgan fingerprint density at radius 2 is 2.12 bits per heavy atom. The van der Waals surface area contributed by atoms with Gasteiger partial charge in [-0.15, -0.1) is 0 Å². The number of nitrogens with zero attached hydrogens (tertiary/aromatic N) is 4. The standard InChI is InChI=1S/C18H22N4O2S/c1-6-24-13-7-8-15-16(10-13)25-18(21(15)5)19-17(23)14-9-12(4)22(20-14)11(2)3/h7-11H,6H2,1-5H3. The molecule has 0 aliphatic rings. The quantitative estimate of drug-likeness (QED) is 0.717. The third-order valence-corrected chi connectivity index (χ3v) is 5.01. The normalized spacial score (nSPS) is 12.3. The SMILES string of the molecule is CCOc1ccc2c(c1)sc(=NC(=O)c1cc(C)n(C(C)C)n1)n2C. The number of carbonyl (C=O) groups excluding carboxylic acids is 1. The molecule has 1 amide bonds. The lowest BCUT2D eigenvalue weighted by Crippen LogP contribution is -2.14. The third-order valence-electron chi connectivity index (χ3n) is 3.92. The lowest BCUT2D eigenvalue weighted by atomic mass is 10.3. The van der Waals surface area contributed by atoms with Crippen molar-refractivity contribution in [2.45, 2.75) is 33.7 Å². The van der Waals surface area contributed by atoms with E-state index in [0.717, 1.165) is 21.7 Å². The summed E-state index contributed by atoms with van der Waals surface area (Å²) in [5.74, 6) is 0.496. The van der Waals surface area contributed by atoms with E-state index in [1.54, 1.807) is 6.07 Å². The number of ether oxygens (including phenoxy) is 1. The zero-order valence-electron chi connectivity index (χ0n) is 15.1. The zero-order valence-corrected chi connectivity index (χ0v) is 15.9. The van der Waals surface area contributed by atoms with Crippen LogP contribution < -0.4 is 9.54 Å². The largest absolute Gasteiger partial charge is 0.494 e. The Balaban J connectivity index is 2.01. The topological polar surface area (TPSA) is 61.4 Å². The van der Waals surface area contributed by atoms with Crippen LogP contribution in [0.4, 0.5) is 0 Å². The van der Waals surface area contributed by atoms with Gasteiger partial charge in [-0.25, -0.2) is 0 Å². The van der Waals surface area contributed by atoms with E-state index in [1.165, 1.54) is 11.3 Å². The molecule has 1 aromatic carbocycles. The molecule has 132 valence electrons. The van der Waals surface area contributed by atoms with Crippen LogP contribution >= 0.6 is 11.3 Å². The van der Waals surface area contributed by atoms with Gasteiger partial charge in [0.05, 0.1) is 16.8 Å². The van der Waals surface area contributed by atoms with Crippen molar-refractivity contribution in [1.29, 1.82) is 0 Å². The number of hydrogen-bond acceptors (Lipinski definition) is 4. The average molecular weight is 358 g/mol. The minimum absolute atomic E-state index is 0.207. The molecule has 25 heavy (non-hydrogen) atoms. The highest BCUT2D eigenvalue weighted by Gasteiger charge is 2.14. The van der Waals surface area contributed by atoms with Crippen molar-refractivity contribution < 1.29 is 9.53 Å². The highest BCUT2D eigenvalue weighted by molar-refractivity contribution is 7.16. The van der Waals surface area contributed by atoms with Gasteiger partial charge >= 0.3 is 0 Å². The maximum atomic E-state index is 12.5. The highest BCUT2D eigenvalue weighted by atomic mass is 32.1. The minimum Gasteiger partial charge on any atom is -0.494 e. The van der Waals surface area contributed by atoms with Crippen molar-refractivity contribution in [2.24, 2.45) is 12.0 Å². The highest BCUT2D eigenvalue weighted by Crippen LogP contribution is 2.23. The Morgan fingerprint density at radius 1 is 1.36 bits per heavy atom. The van der Waals surface area contributed by atoms with Gasteiger partial charge in [0.25, 0.3) is 5.91 Å². The van der Waals surface area contributed by atoms with Crippen molar-refractivity contribution in [3.8, 4) is 5.75 Å². The number of thiazole rings is 1. The first-order valence-electron chi connectivity index (χ1n) is 8.28. The first-order chi connectivity index (χ1) is 11.9. The predicted octanol–water partition coefficient (Wildman–Crippen LogP) is 3.47. The van der Waals surface area contributed by atoms with Gasteiger partial charge in [-0.05, 0) is 52.0 Å². The lowest BCUT2D eigenvalue weighted by molar-refractivity contribution is 0.0992. The molecule has 3 rings (SSSR count). The van der Waals surface area contributed by atoms with Crippen molar-refractivity contribution in [3.63, 3.8) is 0 Å². The molecule has 2 aromatic heterocycles. The number of amides is 1. The molecule has 0 spiro atoms. The number of aryl methyl sites for hydroxylation is 2. The van der Waals surface area contributed by atoms with Crippen molar-refractivity contribution in [2.75, 3.05) is 6.61 Å². The van der Waals surface area contributed by atoms with Gasteiger partial charge in [0.15, 0.2) is 10.5 Å². The van der Waals surface area contributed by atoms with Gasteiger partial charge < -0.3 is 9.30 Å². The second-order valence-electron chi connectivity index (χ2n) is 6.13. The molecule has 3 aromatic rings. The fourth-order valence-corrected chi connectivity index (χ4v) is 3.78. The number of hydrogen-bond donors (Lipinski definition) is 0. The third kappa shape index (κ3) is 3.37. The molecule has 0 radical (unpaired) electrons. The molecule has 0 N–H and O–H groups in total. The molecule has 0 aliphatic heterocycles. The van der Waals surface area contributed by atoms with Gasteiger partial charge in [-0.2, -0.15) is 10.1 Å². The van der Waals surface area contributed by atoms with Gasteiger partial charge in [0.2, 0.25) is 0 Å². The van der Waals surface area contributed by atoms with E-state index in [-0.39, 0.29) is 11.9 Å². The molecule has 0 aliphatic carbocycles. The van der Waals surface area contributed by atoms with Crippen LogP contribution in [0.3, 0.4) is 0 Å². The molecule has 0 bridgehead atoms. The average Bonchev–Trinajstić information content (AvgIpc) is 3.09. The molecule has 0 atom stereocenters. The van der Waals surface area contributed by atoms with Crippen molar-refractivity contribution in [3.05, 3.63) is 40.5 Å². The molecule has 0 saturated carbocycles. The summed E-state index contributed by atoms with van der Waals surface area (Å²) in [5, 5.41) is 4.38. The number of rotatable bonds is 4. The van der Waals surface area contributed by atoms with Gasteiger partial charge in [-0.3, -0.25) is 9.48 Å². The number of carbonyl (C=O) groups is 1. The van der Waals surface area contributed by atoms with Crippen LogP contribution in [-0.4, -0.2) is 26.9 Å². The monoisotopic (exact) mass is 358 g/mol. The summed E-state index contributed by atoms with van der Waals surface area (Å²) in [7, 11) is 1.91. The lowest BCUT2D eigenvalue weighted by Gasteiger charge is -2.06. The van der Waals surface area contributed by atoms with E-state index >= 15 is 0 Å². The Morgan fingerprint density at radius 3 is 2.76 bits per heavy atom. The summed E-state index contributed by atoms with van der Waals surface area (Å²) >= 11 is 1.47. The van der Waals surface area contributed by atoms with E-state index in [2.05, 4.69) is 10.1 Å². The summed E-state index contributed by atoms with van der Waals surface area (Å²) in [6.45, 7) is 8.59. The Labute approximate surface area is 150 Å². The van der Waals surface area contributed by atoms with E-state index in [0.29, 0.717) is 17.1 Å². The van der Waals surface area contributed by atoms with Crippen LogP contribution in [0, 0.1) is 6.92 Å². The molecule has 0 fully saturated rings. The van der Waals surface area contributed by atoms with Crippen molar-refractivity contribution in [1.82, 2.24) is 14.3 Å². The molecule has 6 nitrogen and oxygen atoms in total. The van der Waals surface area contributed by atoms with Crippen molar-refractivity contribution >= 4 is 27.5 Å². The molecule has 2 heterocycles. The summed E-state index contributed by atoms with van der Waals surface area (Å²) < 4.78 is 10.3. The fraction of sp³-hybridized carbons (Fsp3) is 0.389. The molecule has 0 saturated heterocycles. The number of benzene rings is 1. The number of aromatic nitrogens is 3. The van der Waals surface area contributed by atoms with Crippen LogP contribution in [-0.2, 0) is 7.05 Å². The zero-order chi connectivity index (χ0) is 18.1. The van der Waals surface area contributed by atoms with Crippen LogP contribution in [0.5, 0.6) is 5.75 Å². The van der Waals surface area contributed by atoms with E-state index in [9.17, 15) is 4.79 Å². The van der Waals surface area contributed by atoms with Crippen LogP contribution in [0.2, 0.25) is 0 Å². The van der Waals surface area contributed by atoms with Crippen LogP contribution in [0.25, 0.3) is 10.2 Å². The van der Waals surface area contributed by atoms with Gasteiger partial charge in [-0.1, -0.05) is 11.3 Å². The first-order valence-corrected chi connectivity index (χ1v) is 9.10. The summed E-state index contributed by atoms with van der Waals surface area (Å²) in [4.78, 5) is 17.5. The second kappa shape index (κ2) is 6.84. The molecular formula is C18H22N4O2S. The molecule has 0 unspecified atom stereocenters. The first kappa shape index (κ1) is 17.4. The van der Waals surface area contributed by atoms with E-state index in [4.69, 9.17) is 4.74 Å². The maximum absolute atomic E-state index is 12.5. The predicted molar refractivity (Wildman–Crippen MR) is 99.2 cm³/mol. The van der Waals surface area contributed by atoms with Crippen LogP contribution in [0.1, 0.15) is 43.0 Å². The fourth-order valence-electron chi connectivity index (χ4n) is 2.74. The number of fused-ring (bicyclic) bond motifs is 1. The van der Waals surface area contributed by atoms with Gasteiger partial charge in [0.1, 0.15) is 5.75 Å². The Hall–Kier alpha value is -2.41. The smallest absolute Gasteiger partial charge is 0.300 e. The summed E-state index contributed by atoms with van der Waals surface area (Å²) in [6, 6.07) is 7.88. The Kier molecular flexibility index (Phi) is 4.76. The van der Waals surface area contributed by atoms with E-state index < -0.39 is 0 Å². The molecule has 7 heteroatoms. The van der Waals surface area contributed by atoms with E-state index in [1.807, 2.05) is 62.2 Å². The molecular weight excluding hydrogens is 336 g/mol. The summed E-state index contributed by atoms with van der Waals surface area (Å²) in [6.07, 6.45) is 0.